The third-order valence-electron chi connectivity index (χ3n) is 4.33. The lowest BCUT2D eigenvalue weighted by molar-refractivity contribution is -0.120. The van der Waals surface area contributed by atoms with Gasteiger partial charge in [-0.15, -0.1) is 0 Å². The van der Waals surface area contributed by atoms with Crippen LogP contribution in [0.5, 0.6) is 0 Å². The molecule has 132 valence electrons. The Bertz CT molecular complexity index is 799. The quantitative estimate of drug-likeness (QED) is 0.894. The van der Waals surface area contributed by atoms with Gasteiger partial charge in [0.25, 0.3) is 0 Å². The molecule has 1 aromatic heterocycles. The van der Waals surface area contributed by atoms with E-state index in [4.69, 9.17) is 0 Å². The Labute approximate surface area is 147 Å². The highest BCUT2D eigenvalue weighted by Gasteiger charge is 2.30. The second-order valence-corrected chi connectivity index (χ2v) is 6.41. The summed E-state index contributed by atoms with van der Waals surface area (Å²) >= 11 is 0. The molecule has 7 nitrogen and oxygen atoms in total. The van der Waals surface area contributed by atoms with Crippen molar-refractivity contribution in [2.45, 2.75) is 32.7 Å². The van der Waals surface area contributed by atoms with Crippen LogP contribution in [0.15, 0.2) is 30.6 Å². The van der Waals surface area contributed by atoms with Gasteiger partial charge >= 0.3 is 0 Å². The number of aryl methyl sites for hydroxylation is 2. The number of hydrogen-bond acceptors (Lipinski definition) is 4. The van der Waals surface area contributed by atoms with Crippen molar-refractivity contribution in [2.24, 2.45) is 7.05 Å². The number of aromatic nitrogens is 2. The maximum atomic E-state index is 12.9. The van der Waals surface area contributed by atoms with Crippen LogP contribution in [0.3, 0.4) is 0 Å². The summed E-state index contributed by atoms with van der Waals surface area (Å²) in [4.78, 5) is 25.9. The molecule has 0 bridgehead atoms. The first-order valence-electron chi connectivity index (χ1n) is 8.39. The zero-order chi connectivity index (χ0) is 18.0. The average molecular weight is 341 g/mol. The first-order valence-corrected chi connectivity index (χ1v) is 8.39. The lowest BCUT2D eigenvalue weighted by Crippen LogP contribution is -2.47. The highest BCUT2D eigenvalue weighted by molar-refractivity contribution is 5.99. The second kappa shape index (κ2) is 6.96. The Kier molecular flexibility index (Phi) is 4.74. The summed E-state index contributed by atoms with van der Waals surface area (Å²) in [6, 6.07) is 5.36. The minimum Gasteiger partial charge on any atom is -0.373 e. The van der Waals surface area contributed by atoms with Gasteiger partial charge in [0.15, 0.2) is 0 Å². The van der Waals surface area contributed by atoms with Gasteiger partial charge < -0.3 is 15.5 Å². The van der Waals surface area contributed by atoms with Gasteiger partial charge in [-0.25, -0.2) is 0 Å². The zero-order valence-electron chi connectivity index (χ0n) is 14.7. The Morgan fingerprint density at radius 2 is 2.16 bits per heavy atom. The van der Waals surface area contributed by atoms with Gasteiger partial charge in [-0.3, -0.25) is 14.3 Å². The van der Waals surface area contributed by atoms with Crippen molar-refractivity contribution < 1.29 is 9.59 Å². The molecule has 2 heterocycles. The fourth-order valence-corrected chi connectivity index (χ4v) is 3.06. The number of amides is 2. The Balaban J connectivity index is 1.78. The van der Waals surface area contributed by atoms with E-state index in [1.807, 2.05) is 38.4 Å². The molecule has 1 unspecified atom stereocenters. The molecule has 1 saturated heterocycles. The summed E-state index contributed by atoms with van der Waals surface area (Å²) in [5.74, 6) is -0.0742. The summed E-state index contributed by atoms with van der Waals surface area (Å²) in [6.45, 7) is 4.16. The van der Waals surface area contributed by atoms with Crippen LogP contribution in [-0.2, 0) is 16.6 Å². The Morgan fingerprint density at radius 1 is 1.36 bits per heavy atom. The summed E-state index contributed by atoms with van der Waals surface area (Å²) < 4.78 is 1.70. The molecule has 7 heteroatoms. The number of anilines is 3. The zero-order valence-corrected chi connectivity index (χ0v) is 14.7. The first kappa shape index (κ1) is 17.0. The van der Waals surface area contributed by atoms with E-state index in [1.165, 1.54) is 6.92 Å². The van der Waals surface area contributed by atoms with Crippen LogP contribution in [0, 0.1) is 6.92 Å². The molecule has 0 radical (unpaired) electrons. The molecule has 2 aromatic rings. The van der Waals surface area contributed by atoms with Crippen molar-refractivity contribution in [2.75, 3.05) is 22.1 Å². The molecular formula is C18H23N5O2. The maximum Gasteiger partial charge on any atom is 0.249 e. The summed E-state index contributed by atoms with van der Waals surface area (Å²) in [7, 11) is 1.84. The van der Waals surface area contributed by atoms with E-state index in [-0.39, 0.29) is 17.9 Å². The van der Waals surface area contributed by atoms with E-state index >= 15 is 0 Å². The van der Waals surface area contributed by atoms with Crippen molar-refractivity contribution in [1.82, 2.24) is 9.78 Å². The van der Waals surface area contributed by atoms with E-state index in [2.05, 4.69) is 15.7 Å². The normalized spacial score (nSPS) is 17.5. The first-order chi connectivity index (χ1) is 11.9. The van der Waals surface area contributed by atoms with E-state index in [9.17, 15) is 9.59 Å². The molecule has 1 aromatic carbocycles. The molecule has 1 atom stereocenters. The van der Waals surface area contributed by atoms with Crippen molar-refractivity contribution >= 4 is 28.9 Å². The van der Waals surface area contributed by atoms with Crippen LogP contribution in [-0.4, -0.2) is 34.2 Å². The molecule has 2 amide bonds. The van der Waals surface area contributed by atoms with Gasteiger partial charge in [0, 0.05) is 38.1 Å². The third-order valence-corrected chi connectivity index (χ3v) is 4.33. The fourth-order valence-electron chi connectivity index (χ4n) is 3.06. The largest absolute Gasteiger partial charge is 0.373 e. The van der Waals surface area contributed by atoms with Crippen LogP contribution >= 0.6 is 0 Å². The number of piperidine rings is 1. The lowest BCUT2D eigenvalue weighted by atomic mass is 10.0. The van der Waals surface area contributed by atoms with E-state index in [0.717, 1.165) is 29.8 Å². The number of nitrogens with one attached hydrogen (secondary N) is 2. The predicted molar refractivity (Wildman–Crippen MR) is 97.7 cm³/mol. The average Bonchev–Trinajstić information content (AvgIpc) is 2.98. The number of carbonyl (C=O) groups excluding carboxylic acids is 2. The number of carbonyl (C=O) groups is 2. The van der Waals surface area contributed by atoms with Crippen molar-refractivity contribution in [3.63, 3.8) is 0 Å². The highest BCUT2D eigenvalue weighted by atomic mass is 16.2. The van der Waals surface area contributed by atoms with Crippen molar-refractivity contribution in [1.29, 1.82) is 0 Å². The van der Waals surface area contributed by atoms with Crippen LogP contribution < -0.4 is 15.5 Å². The van der Waals surface area contributed by atoms with E-state index < -0.39 is 0 Å². The van der Waals surface area contributed by atoms with Gasteiger partial charge in [-0.05, 0) is 37.5 Å². The fraction of sp³-hybridized carbons (Fsp3) is 0.389. The maximum absolute atomic E-state index is 12.9. The third kappa shape index (κ3) is 3.81. The predicted octanol–water partition coefficient (Wildman–Crippen LogP) is 2.29. The molecule has 0 aliphatic carbocycles. The molecule has 25 heavy (non-hydrogen) atoms. The number of nitrogens with zero attached hydrogens (tertiary/aromatic N) is 3. The smallest absolute Gasteiger partial charge is 0.249 e. The van der Waals surface area contributed by atoms with Gasteiger partial charge in [0.2, 0.25) is 11.8 Å². The Morgan fingerprint density at radius 3 is 2.84 bits per heavy atom. The highest BCUT2D eigenvalue weighted by Crippen LogP contribution is 2.26. The standard InChI is InChI=1S/C18H23N5O2/c1-12-6-7-14(20-13(2)24)9-17(12)21-16-5-4-8-23(18(16)25)15-10-19-22(3)11-15/h6-7,9-11,16,21H,4-5,8H2,1-3H3,(H,20,24). The summed E-state index contributed by atoms with van der Waals surface area (Å²) in [5.41, 5.74) is 3.42. The van der Waals surface area contributed by atoms with Crippen molar-refractivity contribution in [3.8, 4) is 0 Å². The molecule has 1 fully saturated rings. The van der Waals surface area contributed by atoms with Crippen molar-refractivity contribution in [3.05, 3.63) is 36.2 Å². The van der Waals surface area contributed by atoms with Crippen LogP contribution in [0.25, 0.3) is 0 Å². The summed E-state index contributed by atoms with van der Waals surface area (Å²) in [6.07, 6.45) is 5.26. The van der Waals surface area contributed by atoms with Crippen LogP contribution in [0.4, 0.5) is 17.1 Å². The van der Waals surface area contributed by atoms with E-state index in [0.29, 0.717) is 12.2 Å². The molecule has 0 spiro atoms. The Hall–Kier alpha value is -2.83. The minimum absolute atomic E-state index is 0.0450. The van der Waals surface area contributed by atoms with Gasteiger partial charge in [-0.1, -0.05) is 6.07 Å². The lowest BCUT2D eigenvalue weighted by Gasteiger charge is -2.32. The minimum atomic E-state index is -0.291. The molecular weight excluding hydrogens is 318 g/mol. The van der Waals surface area contributed by atoms with Crippen LogP contribution in [0.1, 0.15) is 25.3 Å². The van der Waals surface area contributed by atoms with Crippen LogP contribution in [0.2, 0.25) is 0 Å². The SMILES string of the molecule is CC(=O)Nc1ccc(C)c(NC2CCCN(c3cnn(C)c3)C2=O)c1. The number of hydrogen-bond donors (Lipinski definition) is 2. The molecule has 1 aliphatic rings. The number of rotatable bonds is 4. The molecule has 3 rings (SSSR count). The molecule has 1 aliphatic heterocycles. The summed E-state index contributed by atoms with van der Waals surface area (Å²) in [5, 5.41) is 10.3. The van der Waals surface area contributed by atoms with Gasteiger partial charge in [0.1, 0.15) is 6.04 Å². The van der Waals surface area contributed by atoms with E-state index in [1.54, 1.807) is 15.8 Å². The second-order valence-electron chi connectivity index (χ2n) is 6.41. The number of benzene rings is 1. The van der Waals surface area contributed by atoms with Gasteiger partial charge in [-0.2, -0.15) is 5.10 Å². The monoisotopic (exact) mass is 341 g/mol. The molecule has 0 saturated carbocycles. The molecule has 2 N–H and O–H groups in total. The van der Waals surface area contributed by atoms with Gasteiger partial charge in [0.05, 0.1) is 11.9 Å². The topological polar surface area (TPSA) is 79.3 Å².